The Hall–Kier alpha value is -1.91. The number of carbonyl (C=O) groups excluding carboxylic acids is 1. The topological polar surface area (TPSA) is 83.5 Å². The van der Waals surface area contributed by atoms with E-state index in [4.69, 9.17) is 23.7 Å². The van der Waals surface area contributed by atoms with E-state index in [0.29, 0.717) is 38.9 Å². The molecular weight excluding hydrogens is 594 g/mol. The van der Waals surface area contributed by atoms with Gasteiger partial charge in [-0.1, -0.05) is 75.1 Å². The van der Waals surface area contributed by atoms with Crippen molar-refractivity contribution in [3.63, 3.8) is 0 Å². The summed E-state index contributed by atoms with van der Waals surface area (Å²) in [7, 11) is 0. The van der Waals surface area contributed by atoms with Gasteiger partial charge in [-0.15, -0.1) is 0 Å². The molecule has 1 aliphatic carbocycles. The van der Waals surface area contributed by atoms with Gasteiger partial charge in [0.15, 0.2) is 12.6 Å². The van der Waals surface area contributed by atoms with Gasteiger partial charge in [0.2, 0.25) is 0 Å². The van der Waals surface area contributed by atoms with Gasteiger partial charge in [0.1, 0.15) is 12.7 Å². The monoisotopic (exact) mass is 650 g/mol. The first-order valence-corrected chi connectivity index (χ1v) is 17.8. The van der Waals surface area contributed by atoms with E-state index in [1.807, 2.05) is 37.3 Å². The van der Waals surface area contributed by atoms with Gasteiger partial charge < -0.3 is 28.8 Å². The number of hydrogen-bond donors (Lipinski definition) is 1. The number of unbranched alkanes of at least 4 members (excludes halogenated alkanes) is 4. The molecule has 0 aromatic heterocycles. The lowest BCUT2D eigenvalue weighted by Crippen LogP contribution is -2.33. The van der Waals surface area contributed by atoms with E-state index >= 15 is 0 Å². The average molecular weight is 651 g/mol. The minimum absolute atomic E-state index is 0.0164. The zero-order valence-electron chi connectivity index (χ0n) is 27.7. The van der Waals surface area contributed by atoms with Crippen LogP contribution in [0.5, 0.6) is 0 Å². The summed E-state index contributed by atoms with van der Waals surface area (Å²) in [5.41, 5.74) is 0.973. The second kappa shape index (κ2) is 19.8. The molecular formula is C37H56F2O7. The van der Waals surface area contributed by atoms with Crippen molar-refractivity contribution in [1.29, 1.82) is 0 Å². The molecule has 1 aromatic rings. The second-order valence-corrected chi connectivity index (χ2v) is 13.2. The lowest BCUT2D eigenvalue weighted by molar-refractivity contribution is -0.204. The van der Waals surface area contributed by atoms with Crippen LogP contribution in [0.15, 0.2) is 42.5 Å². The number of hydrogen-bond acceptors (Lipinski definition) is 7. The molecule has 0 amide bonds. The predicted octanol–water partition coefficient (Wildman–Crippen LogP) is 8.27. The Kier molecular flexibility index (Phi) is 15.9. The highest BCUT2D eigenvalue weighted by Crippen LogP contribution is 2.43. The van der Waals surface area contributed by atoms with Crippen molar-refractivity contribution in [3.8, 4) is 0 Å². The summed E-state index contributed by atoms with van der Waals surface area (Å²) >= 11 is 0. The average Bonchev–Trinajstić information content (AvgIpc) is 3.39. The van der Waals surface area contributed by atoms with Crippen LogP contribution in [0.4, 0.5) is 8.78 Å². The first-order chi connectivity index (χ1) is 22.4. The minimum Gasteiger partial charge on any atom is -0.461 e. The van der Waals surface area contributed by atoms with E-state index in [1.54, 1.807) is 6.08 Å². The number of aliphatic hydroxyl groups is 1. The number of esters is 1. The van der Waals surface area contributed by atoms with Crippen LogP contribution in [0.3, 0.4) is 0 Å². The zero-order valence-corrected chi connectivity index (χ0v) is 27.7. The first kappa shape index (κ1) is 36.9. The molecule has 1 N–H and O–H groups in total. The molecule has 0 radical (unpaired) electrons. The summed E-state index contributed by atoms with van der Waals surface area (Å²) in [5.74, 6) is -3.56. The Bertz CT molecular complexity index is 1010. The molecule has 0 spiro atoms. The maximum absolute atomic E-state index is 14.7. The third-order valence-corrected chi connectivity index (χ3v) is 9.52. The zero-order chi connectivity index (χ0) is 32.6. The fourth-order valence-electron chi connectivity index (χ4n) is 6.81. The predicted molar refractivity (Wildman–Crippen MR) is 172 cm³/mol. The summed E-state index contributed by atoms with van der Waals surface area (Å²) in [4.78, 5) is 12.2. The second-order valence-electron chi connectivity index (χ2n) is 13.2. The summed E-state index contributed by atoms with van der Waals surface area (Å²) in [6, 6.07) is 9.66. The molecule has 3 fully saturated rings. The largest absolute Gasteiger partial charge is 0.461 e. The van der Waals surface area contributed by atoms with Gasteiger partial charge in [0.05, 0.1) is 12.2 Å². The fraction of sp³-hybridized carbons (Fsp3) is 0.757. The smallest absolute Gasteiger partial charge is 0.306 e. The van der Waals surface area contributed by atoms with Crippen LogP contribution in [0.2, 0.25) is 0 Å². The molecule has 0 bridgehead atoms. The molecule has 2 saturated heterocycles. The van der Waals surface area contributed by atoms with Crippen LogP contribution >= 0.6 is 0 Å². The molecule has 260 valence electrons. The van der Waals surface area contributed by atoms with E-state index < -0.39 is 12.0 Å². The van der Waals surface area contributed by atoms with E-state index in [1.165, 1.54) is 6.08 Å². The van der Waals surface area contributed by atoms with Crippen LogP contribution in [0.1, 0.15) is 115 Å². The quantitative estimate of drug-likeness (QED) is 0.0917. The molecule has 7 atom stereocenters. The normalized spacial score (nSPS) is 28.0. The van der Waals surface area contributed by atoms with Crippen LogP contribution < -0.4 is 0 Å². The Balaban J connectivity index is 1.36. The molecule has 46 heavy (non-hydrogen) atoms. The van der Waals surface area contributed by atoms with Crippen molar-refractivity contribution >= 4 is 5.97 Å². The Labute approximate surface area is 274 Å². The van der Waals surface area contributed by atoms with Crippen molar-refractivity contribution in [2.24, 2.45) is 11.8 Å². The minimum atomic E-state index is -3.18. The van der Waals surface area contributed by atoms with Crippen LogP contribution in [0, 0.1) is 11.8 Å². The van der Waals surface area contributed by atoms with Gasteiger partial charge >= 0.3 is 5.97 Å². The van der Waals surface area contributed by atoms with Crippen molar-refractivity contribution in [2.45, 2.75) is 153 Å². The van der Waals surface area contributed by atoms with Crippen molar-refractivity contribution in [2.75, 3.05) is 13.2 Å². The van der Waals surface area contributed by atoms with E-state index in [-0.39, 0.29) is 55.6 Å². The van der Waals surface area contributed by atoms with Gasteiger partial charge in [-0.25, -0.2) is 8.78 Å². The summed E-state index contributed by atoms with van der Waals surface area (Å²) in [6.07, 6.45) is 11.9. The first-order valence-electron chi connectivity index (χ1n) is 17.8. The van der Waals surface area contributed by atoms with Gasteiger partial charge in [0, 0.05) is 38.4 Å². The number of ether oxygens (including phenoxy) is 5. The number of benzene rings is 1. The molecule has 2 aliphatic heterocycles. The van der Waals surface area contributed by atoms with E-state index in [0.717, 1.165) is 76.2 Å². The lowest BCUT2D eigenvalue weighted by atomic mass is 9.87. The molecule has 1 saturated carbocycles. The highest BCUT2D eigenvalue weighted by atomic mass is 19.3. The number of halogens is 2. The van der Waals surface area contributed by atoms with E-state index in [2.05, 4.69) is 0 Å². The van der Waals surface area contributed by atoms with E-state index in [9.17, 15) is 18.7 Å². The van der Waals surface area contributed by atoms with Crippen LogP contribution in [-0.4, -0.2) is 61.1 Å². The lowest BCUT2D eigenvalue weighted by Gasteiger charge is -2.30. The van der Waals surface area contributed by atoms with Crippen molar-refractivity contribution in [1.82, 2.24) is 0 Å². The Morgan fingerprint density at radius 3 is 2.28 bits per heavy atom. The molecule has 9 heteroatoms. The van der Waals surface area contributed by atoms with Gasteiger partial charge in [0.25, 0.3) is 5.92 Å². The molecule has 3 unspecified atom stereocenters. The fourth-order valence-corrected chi connectivity index (χ4v) is 6.81. The summed E-state index contributed by atoms with van der Waals surface area (Å²) < 4.78 is 59.7. The number of rotatable bonds is 19. The van der Waals surface area contributed by atoms with Crippen molar-refractivity contribution in [3.05, 3.63) is 48.0 Å². The third-order valence-electron chi connectivity index (χ3n) is 9.52. The third kappa shape index (κ3) is 12.3. The van der Waals surface area contributed by atoms with Gasteiger partial charge in [-0.2, -0.15) is 0 Å². The van der Waals surface area contributed by atoms with Crippen LogP contribution in [0.25, 0.3) is 0 Å². The van der Waals surface area contributed by atoms with Gasteiger partial charge in [-0.3, -0.25) is 4.79 Å². The highest BCUT2D eigenvalue weighted by molar-refractivity contribution is 5.69. The molecule has 2 heterocycles. The number of alkyl halides is 2. The summed E-state index contributed by atoms with van der Waals surface area (Å²) in [6.45, 7) is 3.48. The highest BCUT2D eigenvalue weighted by Gasteiger charge is 2.46. The maximum Gasteiger partial charge on any atom is 0.306 e. The number of carbonyl (C=O) groups is 1. The van der Waals surface area contributed by atoms with Crippen molar-refractivity contribution < 1.29 is 42.4 Å². The molecule has 1 aromatic carbocycles. The summed E-state index contributed by atoms with van der Waals surface area (Å²) in [5, 5.41) is 10.5. The van der Waals surface area contributed by atoms with Crippen LogP contribution in [-0.2, 0) is 35.1 Å². The molecule has 4 rings (SSSR count). The molecule has 3 aliphatic rings. The Morgan fingerprint density at radius 2 is 1.63 bits per heavy atom. The Morgan fingerprint density at radius 1 is 0.957 bits per heavy atom. The number of aliphatic hydroxyl groups excluding tert-OH is 1. The maximum atomic E-state index is 14.7. The standard InChI is InChI=1S/C37H56F2O7/c1-2-3-23-37(38,39)33(40)22-21-30-29(17-9-4-5-10-18-34(41)44-27-28-15-7-6-8-16-28)31(45-35-19-11-13-24-42-35)26-32(30)46-36-20-12-14-25-43-36/h6-8,15-16,21-22,29-33,35-36,40H,2-5,9-14,17-20,23-27H2,1H3/t29-,30-,31+,32-,33?,35?,36?/m1/s1. The molecule has 7 nitrogen and oxygen atoms in total. The van der Waals surface area contributed by atoms with Gasteiger partial charge in [-0.05, 0) is 69.3 Å². The SMILES string of the molecule is CCCCC(F)(F)C(O)C=C[C@@H]1[C@@H](CCCCCCC(=O)OCc2ccccc2)[C@@H](OC2CCCCO2)C[C@H]1OC1CCCCO1.